The van der Waals surface area contributed by atoms with E-state index in [1.807, 2.05) is 37.3 Å². The molecule has 6 heteroatoms. The van der Waals surface area contributed by atoms with Gasteiger partial charge in [0.05, 0.1) is 5.56 Å². The molecule has 2 aromatic carbocycles. The quantitative estimate of drug-likeness (QED) is 0.199. The third kappa shape index (κ3) is 9.56. The minimum Gasteiger partial charge on any atom is -0.381 e. The number of benzene rings is 2. The molecule has 0 aliphatic heterocycles. The van der Waals surface area contributed by atoms with Gasteiger partial charge in [0.15, 0.2) is 0 Å². The van der Waals surface area contributed by atoms with Gasteiger partial charge in [-0.2, -0.15) is 5.90 Å². The second kappa shape index (κ2) is 15.9. The van der Waals surface area contributed by atoms with Gasteiger partial charge in [0.1, 0.15) is 0 Å². The molecule has 6 nitrogen and oxygen atoms in total. The number of hydrogen-bond acceptors (Lipinski definition) is 5. The molecule has 0 heterocycles. The molecule has 0 saturated carbocycles. The van der Waals surface area contributed by atoms with Crippen LogP contribution in [0.25, 0.3) is 0 Å². The smallest absolute Gasteiger partial charge is 0.356 e. The molecule has 0 fully saturated rings. The monoisotopic (exact) mass is 467 g/mol. The van der Waals surface area contributed by atoms with Crippen molar-refractivity contribution in [2.24, 2.45) is 5.90 Å². The maximum Gasteiger partial charge on any atom is 0.356 e. The van der Waals surface area contributed by atoms with Crippen LogP contribution in [0.1, 0.15) is 103 Å². The summed E-state index contributed by atoms with van der Waals surface area (Å²) in [5.41, 5.74) is 3.75. The number of carbonyl (C=O) groups excluding carboxylic acids is 2. The molecular formula is C28H41N3O3. The van der Waals surface area contributed by atoms with Crippen molar-refractivity contribution in [3.05, 3.63) is 64.7 Å². The molecular weight excluding hydrogens is 426 g/mol. The molecule has 1 amide bonds. The number of aryl methyl sites for hydroxylation is 1. The van der Waals surface area contributed by atoms with Gasteiger partial charge < -0.3 is 15.5 Å². The van der Waals surface area contributed by atoms with E-state index in [0.717, 1.165) is 29.7 Å². The molecule has 0 unspecified atom stereocenters. The Morgan fingerprint density at radius 2 is 1.47 bits per heavy atom. The zero-order valence-corrected chi connectivity index (χ0v) is 20.8. The highest BCUT2D eigenvalue weighted by molar-refractivity contribution is 5.94. The standard InChI is InChI=1S/C28H41N3O3/c1-3-4-5-6-7-8-9-10-11-12-20-30-27(32)23-16-18-24(19-17-23)31-21-26-22(2)14-13-15-25(26)28(33)34-29/h13-19,31H,3-12,20-21,29H2,1-2H3,(H,30,32). The minimum absolute atomic E-state index is 0.0469. The Balaban J connectivity index is 1.68. The topological polar surface area (TPSA) is 93.5 Å². The summed E-state index contributed by atoms with van der Waals surface area (Å²) in [7, 11) is 0. The van der Waals surface area contributed by atoms with E-state index in [0.29, 0.717) is 24.2 Å². The van der Waals surface area contributed by atoms with E-state index < -0.39 is 5.97 Å². The molecule has 2 rings (SSSR count). The summed E-state index contributed by atoms with van der Waals surface area (Å²) in [6.07, 6.45) is 12.8. The van der Waals surface area contributed by atoms with Gasteiger partial charge in [-0.25, -0.2) is 4.79 Å². The Morgan fingerprint density at radius 1 is 0.853 bits per heavy atom. The van der Waals surface area contributed by atoms with Crippen LogP contribution in [0.2, 0.25) is 0 Å². The maximum atomic E-state index is 12.4. The number of nitrogens with two attached hydrogens (primary N) is 1. The van der Waals surface area contributed by atoms with Crippen LogP contribution in [0, 0.1) is 6.92 Å². The summed E-state index contributed by atoms with van der Waals surface area (Å²) >= 11 is 0. The van der Waals surface area contributed by atoms with Crippen LogP contribution < -0.4 is 16.5 Å². The molecule has 0 aromatic heterocycles. The highest BCUT2D eigenvalue weighted by Gasteiger charge is 2.14. The van der Waals surface area contributed by atoms with Gasteiger partial charge >= 0.3 is 5.97 Å². The summed E-state index contributed by atoms with van der Waals surface area (Å²) in [4.78, 5) is 28.7. The Morgan fingerprint density at radius 3 is 2.09 bits per heavy atom. The first-order valence-electron chi connectivity index (χ1n) is 12.7. The summed E-state index contributed by atoms with van der Waals surface area (Å²) in [5.74, 6) is 4.45. The largest absolute Gasteiger partial charge is 0.381 e. The van der Waals surface area contributed by atoms with E-state index in [1.54, 1.807) is 12.1 Å². The number of rotatable bonds is 16. The number of amides is 1. The fraction of sp³-hybridized carbons (Fsp3) is 0.500. The fourth-order valence-corrected chi connectivity index (χ4v) is 4.04. The molecule has 2 aromatic rings. The number of unbranched alkanes of at least 4 members (excludes halogenated alkanes) is 9. The van der Waals surface area contributed by atoms with E-state index in [2.05, 4.69) is 22.4 Å². The zero-order valence-electron chi connectivity index (χ0n) is 20.8. The number of nitrogens with one attached hydrogen (secondary N) is 2. The average molecular weight is 468 g/mol. The molecule has 0 bridgehead atoms. The number of hydrogen-bond donors (Lipinski definition) is 3. The third-order valence-corrected chi connectivity index (χ3v) is 6.17. The Kier molecular flexibility index (Phi) is 12.8. The number of carbonyl (C=O) groups is 2. The van der Waals surface area contributed by atoms with Crippen molar-refractivity contribution in [2.75, 3.05) is 11.9 Å². The molecule has 4 N–H and O–H groups in total. The van der Waals surface area contributed by atoms with Gasteiger partial charge in [-0.05, 0) is 54.8 Å². The van der Waals surface area contributed by atoms with Gasteiger partial charge in [-0.3, -0.25) is 4.79 Å². The van der Waals surface area contributed by atoms with E-state index in [4.69, 9.17) is 5.90 Å². The maximum absolute atomic E-state index is 12.4. The van der Waals surface area contributed by atoms with E-state index in [9.17, 15) is 9.59 Å². The summed E-state index contributed by atoms with van der Waals surface area (Å²) in [6.45, 7) is 5.34. The Hall–Kier alpha value is -2.86. The molecule has 0 spiro atoms. The van der Waals surface area contributed by atoms with Crippen LogP contribution in [-0.4, -0.2) is 18.4 Å². The minimum atomic E-state index is -0.560. The summed E-state index contributed by atoms with van der Waals surface area (Å²) in [6, 6.07) is 12.8. The summed E-state index contributed by atoms with van der Waals surface area (Å²) in [5, 5.41) is 6.31. The fourth-order valence-electron chi connectivity index (χ4n) is 4.04. The zero-order chi connectivity index (χ0) is 24.6. The first kappa shape index (κ1) is 27.4. The lowest BCUT2D eigenvalue weighted by Gasteiger charge is -2.13. The summed E-state index contributed by atoms with van der Waals surface area (Å²) < 4.78 is 0. The van der Waals surface area contributed by atoms with Gasteiger partial charge in [-0.15, -0.1) is 0 Å². The van der Waals surface area contributed by atoms with Gasteiger partial charge in [0.2, 0.25) is 0 Å². The van der Waals surface area contributed by atoms with E-state index in [1.165, 1.54) is 51.4 Å². The third-order valence-electron chi connectivity index (χ3n) is 6.17. The van der Waals surface area contributed by atoms with Crippen LogP contribution in [0.5, 0.6) is 0 Å². The molecule has 0 aliphatic carbocycles. The van der Waals surface area contributed by atoms with Crippen LogP contribution in [0.3, 0.4) is 0 Å². The van der Waals surface area contributed by atoms with Crippen molar-refractivity contribution in [1.29, 1.82) is 0 Å². The first-order chi connectivity index (χ1) is 16.6. The molecule has 0 radical (unpaired) electrons. The average Bonchev–Trinajstić information content (AvgIpc) is 2.86. The van der Waals surface area contributed by atoms with Gasteiger partial charge in [0.25, 0.3) is 5.91 Å². The van der Waals surface area contributed by atoms with Crippen molar-refractivity contribution in [2.45, 2.75) is 84.6 Å². The van der Waals surface area contributed by atoms with Crippen molar-refractivity contribution in [3.63, 3.8) is 0 Å². The highest BCUT2D eigenvalue weighted by atomic mass is 16.7. The predicted molar refractivity (Wildman–Crippen MR) is 139 cm³/mol. The lowest BCUT2D eigenvalue weighted by atomic mass is 10.0. The Labute approximate surface area is 204 Å². The first-order valence-corrected chi connectivity index (χ1v) is 12.7. The van der Waals surface area contributed by atoms with Crippen molar-refractivity contribution in [3.8, 4) is 0 Å². The van der Waals surface area contributed by atoms with Gasteiger partial charge in [-0.1, -0.05) is 76.8 Å². The van der Waals surface area contributed by atoms with Crippen LogP contribution in [0.15, 0.2) is 42.5 Å². The highest BCUT2D eigenvalue weighted by Crippen LogP contribution is 2.18. The predicted octanol–water partition coefficient (Wildman–Crippen LogP) is 6.29. The van der Waals surface area contributed by atoms with Crippen LogP contribution in [-0.2, 0) is 11.4 Å². The van der Waals surface area contributed by atoms with Crippen LogP contribution >= 0.6 is 0 Å². The van der Waals surface area contributed by atoms with E-state index in [-0.39, 0.29) is 5.91 Å². The van der Waals surface area contributed by atoms with Crippen LogP contribution in [0.4, 0.5) is 5.69 Å². The van der Waals surface area contributed by atoms with Gasteiger partial charge in [0, 0.05) is 24.3 Å². The lowest BCUT2D eigenvalue weighted by Crippen LogP contribution is -2.24. The SMILES string of the molecule is CCCCCCCCCCCCNC(=O)c1ccc(NCc2c(C)cccc2C(=O)ON)cc1. The van der Waals surface area contributed by atoms with Crippen molar-refractivity contribution < 1.29 is 14.4 Å². The second-order valence-corrected chi connectivity index (χ2v) is 8.88. The van der Waals surface area contributed by atoms with E-state index >= 15 is 0 Å². The number of anilines is 1. The normalized spacial score (nSPS) is 10.7. The Bertz CT molecular complexity index is 881. The van der Waals surface area contributed by atoms with Crippen molar-refractivity contribution >= 4 is 17.6 Å². The van der Waals surface area contributed by atoms with Crippen molar-refractivity contribution in [1.82, 2.24) is 5.32 Å². The second-order valence-electron chi connectivity index (χ2n) is 8.88. The molecule has 34 heavy (non-hydrogen) atoms. The molecule has 186 valence electrons. The molecule has 0 saturated heterocycles. The lowest BCUT2D eigenvalue weighted by molar-refractivity contribution is 0.0502. The molecule has 0 atom stereocenters. The molecule has 0 aliphatic rings.